The molecule has 2 aliphatic heterocycles. The van der Waals surface area contributed by atoms with Crippen molar-refractivity contribution >= 4 is 23.7 Å². The SMILES string of the molecule is CNC(=O)c1ccc(-c2nn(-c3ccccc3)c(NC(=O)N[C@@H]3CN(CCOC)O[C@H]3C3=CC(F)=NCC3)c2C)cn1. The van der Waals surface area contributed by atoms with Crippen molar-refractivity contribution < 1.29 is 23.6 Å². The number of halogens is 1. The van der Waals surface area contributed by atoms with E-state index in [4.69, 9.17) is 14.7 Å². The van der Waals surface area contributed by atoms with Crippen LogP contribution in [0.5, 0.6) is 0 Å². The third-order valence-corrected chi connectivity index (χ3v) is 7.07. The summed E-state index contributed by atoms with van der Waals surface area (Å²) in [6.45, 7) is 3.51. The first-order valence-corrected chi connectivity index (χ1v) is 13.6. The van der Waals surface area contributed by atoms with E-state index in [1.807, 2.05) is 37.3 Å². The molecule has 1 aromatic carbocycles. The first kappa shape index (κ1) is 29.0. The molecule has 42 heavy (non-hydrogen) atoms. The minimum Gasteiger partial charge on any atom is -0.383 e. The molecule has 5 rings (SSSR count). The zero-order valence-corrected chi connectivity index (χ0v) is 23.6. The molecule has 2 aromatic heterocycles. The third kappa shape index (κ3) is 6.38. The van der Waals surface area contributed by atoms with Crippen LogP contribution in [0.25, 0.3) is 16.9 Å². The lowest BCUT2D eigenvalue weighted by Crippen LogP contribution is -2.46. The number of ether oxygens (including phenoxy) is 1. The Labute approximate surface area is 242 Å². The van der Waals surface area contributed by atoms with Gasteiger partial charge in [0.2, 0.25) is 5.97 Å². The average molecular weight is 577 g/mol. The van der Waals surface area contributed by atoms with Gasteiger partial charge in [-0.25, -0.2) is 9.48 Å². The minimum absolute atomic E-state index is 0.284. The van der Waals surface area contributed by atoms with E-state index in [9.17, 15) is 14.0 Å². The number of para-hydroxylation sites is 1. The highest BCUT2D eigenvalue weighted by molar-refractivity contribution is 5.93. The van der Waals surface area contributed by atoms with Crippen LogP contribution in [0.3, 0.4) is 0 Å². The van der Waals surface area contributed by atoms with Crippen LogP contribution in [0, 0.1) is 6.92 Å². The molecule has 13 heteroatoms. The fourth-order valence-electron chi connectivity index (χ4n) is 4.95. The quantitative estimate of drug-likeness (QED) is 0.356. The largest absolute Gasteiger partial charge is 0.383 e. The van der Waals surface area contributed by atoms with Gasteiger partial charge in [0.25, 0.3) is 5.91 Å². The molecular weight excluding hydrogens is 543 g/mol. The number of anilines is 1. The first-order chi connectivity index (χ1) is 20.4. The van der Waals surface area contributed by atoms with Crippen LogP contribution in [-0.2, 0) is 9.57 Å². The third-order valence-electron chi connectivity index (χ3n) is 7.07. The van der Waals surface area contributed by atoms with Crippen molar-refractivity contribution in [1.82, 2.24) is 30.5 Å². The van der Waals surface area contributed by atoms with Gasteiger partial charge in [-0.3, -0.25) is 24.9 Å². The number of amides is 3. The van der Waals surface area contributed by atoms with Gasteiger partial charge in [0.1, 0.15) is 17.6 Å². The zero-order chi connectivity index (χ0) is 29.6. The van der Waals surface area contributed by atoms with E-state index >= 15 is 0 Å². The van der Waals surface area contributed by atoms with Crippen molar-refractivity contribution in [2.75, 3.05) is 45.7 Å². The molecular formula is C29H33FN8O4. The number of hydrogen-bond donors (Lipinski definition) is 3. The molecule has 0 saturated carbocycles. The standard InChI is InChI=1S/C29H33FN8O4/c1-18-25(20-9-10-22(33-16-20)28(39)31-2)36-38(21-7-5-4-6-8-21)27(18)35-29(40)34-23-17-37(13-14-41-3)42-26(23)19-11-12-32-24(30)15-19/h4-10,15-16,23,26H,11-14,17H2,1-3H3,(H,31,39)(H2,34,35,40)/t23-,26+/m1/s1. The molecule has 1 fully saturated rings. The van der Waals surface area contributed by atoms with Crippen molar-refractivity contribution in [3.63, 3.8) is 0 Å². The Kier molecular flexibility index (Phi) is 9.00. The Hall–Kier alpha value is -4.46. The van der Waals surface area contributed by atoms with Crippen molar-refractivity contribution in [1.29, 1.82) is 0 Å². The second-order valence-electron chi connectivity index (χ2n) is 9.87. The lowest BCUT2D eigenvalue weighted by molar-refractivity contribution is -0.142. The lowest BCUT2D eigenvalue weighted by atomic mass is 9.98. The minimum atomic E-state index is -0.550. The van der Waals surface area contributed by atoms with Gasteiger partial charge in [-0.1, -0.05) is 18.2 Å². The summed E-state index contributed by atoms with van der Waals surface area (Å²) < 4.78 is 20.8. The van der Waals surface area contributed by atoms with E-state index in [1.165, 1.54) is 6.08 Å². The fourth-order valence-corrected chi connectivity index (χ4v) is 4.95. The van der Waals surface area contributed by atoms with Gasteiger partial charge in [-0.15, -0.1) is 0 Å². The summed E-state index contributed by atoms with van der Waals surface area (Å²) >= 11 is 0. The van der Waals surface area contributed by atoms with E-state index < -0.39 is 24.1 Å². The van der Waals surface area contributed by atoms with Gasteiger partial charge in [0, 0.05) is 51.1 Å². The summed E-state index contributed by atoms with van der Waals surface area (Å²) in [5, 5.41) is 15.1. The monoisotopic (exact) mass is 576 g/mol. The summed E-state index contributed by atoms with van der Waals surface area (Å²) in [6, 6.07) is 11.9. The number of aromatic nitrogens is 3. The Bertz CT molecular complexity index is 1490. The number of allylic oxidation sites excluding steroid dienone is 1. The number of pyridine rings is 1. The molecule has 3 N–H and O–H groups in total. The smallest absolute Gasteiger partial charge is 0.320 e. The molecule has 1 saturated heterocycles. The van der Waals surface area contributed by atoms with Crippen LogP contribution in [0.1, 0.15) is 22.5 Å². The number of nitrogens with one attached hydrogen (secondary N) is 3. The van der Waals surface area contributed by atoms with Crippen LogP contribution in [0.4, 0.5) is 15.0 Å². The second kappa shape index (κ2) is 13.0. The maximum absolute atomic E-state index is 14.0. The van der Waals surface area contributed by atoms with Crippen LogP contribution in [0.2, 0.25) is 0 Å². The summed E-state index contributed by atoms with van der Waals surface area (Å²) in [4.78, 5) is 39.6. The number of nitrogens with zero attached hydrogens (tertiary/aromatic N) is 5. The topological polar surface area (TPSA) is 135 Å². The normalized spacial score (nSPS) is 18.8. The molecule has 0 radical (unpaired) electrons. The van der Waals surface area contributed by atoms with Gasteiger partial charge in [0.05, 0.1) is 24.0 Å². The predicted octanol–water partition coefficient (Wildman–Crippen LogP) is 3.05. The Morgan fingerprint density at radius 1 is 1.19 bits per heavy atom. The Morgan fingerprint density at radius 2 is 2.00 bits per heavy atom. The number of hydrogen-bond acceptors (Lipinski definition) is 8. The van der Waals surface area contributed by atoms with Gasteiger partial charge in [-0.05, 0) is 49.3 Å². The zero-order valence-electron chi connectivity index (χ0n) is 23.6. The molecule has 3 amide bonds. The number of dihydropyridines is 1. The van der Waals surface area contributed by atoms with Crippen molar-refractivity contribution in [3.05, 3.63) is 71.6 Å². The number of carbonyl (C=O) groups is 2. The average Bonchev–Trinajstić information content (AvgIpc) is 3.56. The van der Waals surface area contributed by atoms with Gasteiger partial charge < -0.3 is 15.4 Å². The molecule has 2 aliphatic rings. The molecule has 0 aliphatic carbocycles. The van der Waals surface area contributed by atoms with Crippen molar-refractivity contribution in [2.24, 2.45) is 4.99 Å². The summed E-state index contributed by atoms with van der Waals surface area (Å²) in [5.74, 6) is -0.377. The maximum atomic E-state index is 14.0. The number of methoxy groups -OCH3 is 1. The number of carbonyl (C=O) groups excluding carboxylic acids is 2. The summed E-state index contributed by atoms with van der Waals surface area (Å²) in [7, 11) is 3.15. The highest BCUT2D eigenvalue weighted by Crippen LogP contribution is 2.31. The van der Waals surface area contributed by atoms with E-state index in [0.29, 0.717) is 55.3 Å². The van der Waals surface area contributed by atoms with E-state index in [-0.39, 0.29) is 11.6 Å². The molecule has 220 valence electrons. The van der Waals surface area contributed by atoms with Crippen LogP contribution in [0.15, 0.2) is 65.3 Å². The molecule has 2 atom stereocenters. The molecule has 0 unspecified atom stereocenters. The summed E-state index contributed by atoms with van der Waals surface area (Å²) in [6.07, 6.45) is 2.94. The first-order valence-electron chi connectivity index (χ1n) is 13.6. The maximum Gasteiger partial charge on any atom is 0.320 e. The van der Waals surface area contributed by atoms with E-state index in [0.717, 1.165) is 11.3 Å². The molecule has 0 spiro atoms. The van der Waals surface area contributed by atoms with Gasteiger partial charge in [-0.2, -0.15) is 14.6 Å². The number of urea groups is 1. The second-order valence-corrected chi connectivity index (χ2v) is 9.87. The predicted molar refractivity (Wildman–Crippen MR) is 155 cm³/mol. The molecule has 0 bridgehead atoms. The Morgan fingerprint density at radius 3 is 2.69 bits per heavy atom. The lowest BCUT2D eigenvalue weighted by Gasteiger charge is -2.23. The van der Waals surface area contributed by atoms with Crippen LogP contribution < -0.4 is 16.0 Å². The Balaban J connectivity index is 1.41. The number of rotatable bonds is 9. The van der Waals surface area contributed by atoms with Gasteiger partial charge in [0.15, 0.2) is 0 Å². The number of benzene rings is 1. The summed E-state index contributed by atoms with van der Waals surface area (Å²) in [5.41, 5.74) is 3.74. The highest BCUT2D eigenvalue weighted by Gasteiger charge is 2.38. The van der Waals surface area contributed by atoms with E-state index in [2.05, 4.69) is 25.9 Å². The highest BCUT2D eigenvalue weighted by atomic mass is 19.1. The number of aliphatic imine (C=N–C) groups is 1. The van der Waals surface area contributed by atoms with E-state index in [1.54, 1.807) is 42.2 Å². The molecule has 3 aromatic rings. The number of hydroxylamine groups is 2. The van der Waals surface area contributed by atoms with Crippen LogP contribution >= 0.6 is 0 Å². The van der Waals surface area contributed by atoms with Crippen LogP contribution in [-0.4, -0.2) is 90.3 Å². The molecule has 4 heterocycles. The van der Waals surface area contributed by atoms with Crippen molar-refractivity contribution in [3.8, 4) is 16.9 Å². The van der Waals surface area contributed by atoms with Crippen molar-refractivity contribution in [2.45, 2.75) is 25.5 Å². The molecule has 12 nitrogen and oxygen atoms in total. The van der Waals surface area contributed by atoms with Gasteiger partial charge >= 0.3 is 6.03 Å². The fraction of sp³-hybridized carbons (Fsp3) is 0.345.